The van der Waals surface area contributed by atoms with Gasteiger partial charge in [-0.05, 0) is 92.8 Å². The highest BCUT2D eigenvalue weighted by Gasteiger charge is 2.63. The Labute approximate surface area is 205 Å². The maximum absolute atomic E-state index is 12.8. The lowest BCUT2D eigenvalue weighted by atomic mass is 9.43. The minimum atomic E-state index is -0.883. The normalized spacial score (nSPS) is 40.3. The number of aldehydes is 1. The van der Waals surface area contributed by atoms with Crippen LogP contribution in [0.25, 0.3) is 0 Å². The summed E-state index contributed by atoms with van der Waals surface area (Å²) in [5, 5.41) is 9.14. The highest BCUT2D eigenvalue weighted by Crippen LogP contribution is 2.72. The standard InChI is InChI=1S/C30H44O4/c1-19(26(33)34)8-7-9-20(18-31)21-12-16-30(6)23-10-11-24-27(2,3)25(32)14-15-28(24,4)22(23)13-17-29(21,30)5/h8,18,20-21,24H,7,9-17H2,1-6H3,(H,33,34)/b19-8+/t20-,21+,24?,28-,29+,30-/m1/s1. The molecule has 0 heterocycles. The van der Waals surface area contributed by atoms with E-state index in [0.717, 1.165) is 57.7 Å². The molecule has 0 aromatic heterocycles. The summed E-state index contributed by atoms with van der Waals surface area (Å²) in [7, 11) is 0. The van der Waals surface area contributed by atoms with Crippen LogP contribution in [0.3, 0.4) is 0 Å². The van der Waals surface area contributed by atoms with Gasteiger partial charge in [-0.3, -0.25) is 4.79 Å². The van der Waals surface area contributed by atoms with Crippen molar-refractivity contribution in [2.45, 2.75) is 106 Å². The minimum absolute atomic E-state index is 0.0232. The lowest BCUT2D eigenvalue weighted by Crippen LogP contribution is -2.54. The zero-order chi connectivity index (χ0) is 25.1. The van der Waals surface area contributed by atoms with Gasteiger partial charge >= 0.3 is 5.97 Å². The number of carbonyl (C=O) groups excluding carboxylic acids is 2. The molecule has 0 aromatic rings. The molecule has 0 spiro atoms. The van der Waals surface area contributed by atoms with Crippen molar-refractivity contribution in [1.29, 1.82) is 0 Å². The van der Waals surface area contributed by atoms with Crippen LogP contribution in [0.4, 0.5) is 0 Å². The summed E-state index contributed by atoms with van der Waals surface area (Å²) in [6.07, 6.45) is 12.6. The van der Waals surface area contributed by atoms with E-state index in [0.29, 0.717) is 36.0 Å². The Morgan fingerprint density at radius 3 is 2.38 bits per heavy atom. The van der Waals surface area contributed by atoms with Crippen molar-refractivity contribution in [1.82, 2.24) is 0 Å². The van der Waals surface area contributed by atoms with Gasteiger partial charge in [-0.1, -0.05) is 51.8 Å². The first-order valence-electron chi connectivity index (χ1n) is 13.4. The third-order valence-corrected chi connectivity index (χ3v) is 11.5. The number of hydrogen-bond acceptors (Lipinski definition) is 3. The van der Waals surface area contributed by atoms with E-state index in [2.05, 4.69) is 34.6 Å². The van der Waals surface area contributed by atoms with Crippen LogP contribution in [0.2, 0.25) is 0 Å². The van der Waals surface area contributed by atoms with Gasteiger partial charge in [-0.25, -0.2) is 4.79 Å². The molecular weight excluding hydrogens is 424 g/mol. The predicted octanol–water partition coefficient (Wildman–Crippen LogP) is 6.93. The average Bonchev–Trinajstić information content (AvgIpc) is 3.05. The van der Waals surface area contributed by atoms with E-state index >= 15 is 0 Å². The molecule has 0 radical (unpaired) electrons. The summed E-state index contributed by atoms with van der Waals surface area (Å²) in [6.45, 7) is 13.3. The van der Waals surface area contributed by atoms with Crippen molar-refractivity contribution in [2.24, 2.45) is 39.4 Å². The maximum atomic E-state index is 12.8. The molecule has 0 aromatic carbocycles. The van der Waals surface area contributed by atoms with Crippen LogP contribution in [-0.4, -0.2) is 23.1 Å². The summed E-state index contributed by atoms with van der Waals surface area (Å²) >= 11 is 0. The van der Waals surface area contributed by atoms with Crippen molar-refractivity contribution in [3.63, 3.8) is 0 Å². The number of carboxylic acids is 1. The fourth-order valence-electron chi connectivity index (χ4n) is 9.16. The van der Waals surface area contributed by atoms with Gasteiger partial charge in [0.25, 0.3) is 0 Å². The molecule has 2 saturated carbocycles. The molecule has 0 amide bonds. The fraction of sp³-hybridized carbons (Fsp3) is 0.767. The van der Waals surface area contributed by atoms with Crippen molar-refractivity contribution >= 4 is 18.0 Å². The quantitative estimate of drug-likeness (QED) is 0.261. The number of aliphatic carboxylic acids is 1. The topological polar surface area (TPSA) is 71.4 Å². The predicted molar refractivity (Wildman–Crippen MR) is 134 cm³/mol. The number of hydrogen-bond donors (Lipinski definition) is 1. The Morgan fingerprint density at radius 2 is 1.74 bits per heavy atom. The number of rotatable bonds is 6. The Morgan fingerprint density at radius 1 is 1.03 bits per heavy atom. The van der Waals surface area contributed by atoms with Crippen LogP contribution in [0.1, 0.15) is 106 Å². The first kappa shape index (κ1) is 25.4. The number of fused-ring (bicyclic) bond motifs is 4. The lowest BCUT2D eigenvalue weighted by Gasteiger charge is -2.60. The van der Waals surface area contributed by atoms with Gasteiger partial charge in [0.1, 0.15) is 12.1 Å². The zero-order valence-electron chi connectivity index (χ0n) is 22.1. The molecule has 4 aliphatic rings. The largest absolute Gasteiger partial charge is 0.478 e. The van der Waals surface area contributed by atoms with Gasteiger partial charge in [0.05, 0.1) is 0 Å². The highest BCUT2D eigenvalue weighted by molar-refractivity contribution is 5.86. The summed E-state index contributed by atoms with van der Waals surface area (Å²) < 4.78 is 0. The van der Waals surface area contributed by atoms with Crippen molar-refractivity contribution in [3.05, 3.63) is 22.8 Å². The van der Waals surface area contributed by atoms with Crippen molar-refractivity contribution in [2.75, 3.05) is 0 Å². The average molecular weight is 469 g/mol. The molecule has 6 atom stereocenters. The zero-order valence-corrected chi connectivity index (χ0v) is 22.1. The minimum Gasteiger partial charge on any atom is -0.478 e. The second kappa shape index (κ2) is 8.45. The molecule has 1 unspecified atom stereocenters. The van der Waals surface area contributed by atoms with Gasteiger partial charge in [-0.15, -0.1) is 0 Å². The number of carboxylic acid groups (broad SMARTS) is 1. The molecule has 4 nitrogen and oxygen atoms in total. The Balaban J connectivity index is 1.64. The molecule has 0 saturated heterocycles. The third-order valence-electron chi connectivity index (χ3n) is 11.5. The van der Waals surface area contributed by atoms with Gasteiger partial charge in [-0.2, -0.15) is 0 Å². The van der Waals surface area contributed by atoms with E-state index in [1.54, 1.807) is 24.1 Å². The monoisotopic (exact) mass is 468 g/mol. The smallest absolute Gasteiger partial charge is 0.330 e. The van der Waals surface area contributed by atoms with Gasteiger partial charge in [0, 0.05) is 23.3 Å². The number of carbonyl (C=O) groups is 3. The Hall–Kier alpha value is -1.71. The molecule has 188 valence electrons. The van der Waals surface area contributed by atoms with Gasteiger partial charge in [0.2, 0.25) is 0 Å². The first-order chi connectivity index (χ1) is 15.8. The summed E-state index contributed by atoms with van der Waals surface area (Å²) in [5.41, 5.74) is 3.77. The van der Waals surface area contributed by atoms with Crippen LogP contribution in [-0.2, 0) is 14.4 Å². The molecule has 0 aliphatic heterocycles. The van der Waals surface area contributed by atoms with E-state index in [4.69, 9.17) is 5.11 Å². The second-order valence-corrected chi connectivity index (χ2v) is 13.1. The molecule has 4 aliphatic carbocycles. The SMILES string of the molecule is C/C(=C\CC[C@H](C=O)[C@@H]1CC[C@]2(C)C3=C(CC[C@@]12C)[C@@]1(C)CCC(=O)C(C)(C)C1CC3)C(=O)O. The molecular formula is C30H44O4. The first-order valence-corrected chi connectivity index (χ1v) is 13.4. The molecule has 34 heavy (non-hydrogen) atoms. The summed E-state index contributed by atoms with van der Waals surface area (Å²) in [4.78, 5) is 36.2. The summed E-state index contributed by atoms with van der Waals surface area (Å²) in [5.74, 6) is 0.305. The van der Waals surface area contributed by atoms with Crippen LogP contribution >= 0.6 is 0 Å². The van der Waals surface area contributed by atoms with E-state index in [1.165, 1.54) is 0 Å². The highest BCUT2D eigenvalue weighted by atomic mass is 16.4. The van der Waals surface area contributed by atoms with Crippen molar-refractivity contribution in [3.8, 4) is 0 Å². The van der Waals surface area contributed by atoms with Crippen LogP contribution in [0.15, 0.2) is 22.8 Å². The lowest BCUT2D eigenvalue weighted by molar-refractivity contribution is -0.139. The fourth-order valence-corrected chi connectivity index (χ4v) is 9.16. The van der Waals surface area contributed by atoms with E-state index in [9.17, 15) is 14.4 Å². The van der Waals surface area contributed by atoms with Crippen LogP contribution < -0.4 is 0 Å². The van der Waals surface area contributed by atoms with E-state index in [1.807, 2.05) is 0 Å². The van der Waals surface area contributed by atoms with Gasteiger partial charge < -0.3 is 9.90 Å². The molecule has 2 fully saturated rings. The van der Waals surface area contributed by atoms with E-state index < -0.39 is 5.97 Å². The van der Waals surface area contributed by atoms with Crippen LogP contribution in [0.5, 0.6) is 0 Å². The molecule has 1 N–H and O–H groups in total. The van der Waals surface area contributed by atoms with E-state index in [-0.39, 0.29) is 27.6 Å². The van der Waals surface area contributed by atoms with Gasteiger partial charge in [0.15, 0.2) is 0 Å². The molecule has 4 rings (SSSR count). The number of ketones is 1. The number of allylic oxidation sites excluding steroid dienone is 3. The third kappa shape index (κ3) is 3.49. The molecule has 0 bridgehead atoms. The maximum Gasteiger partial charge on any atom is 0.330 e. The van der Waals surface area contributed by atoms with Crippen LogP contribution in [0, 0.1) is 39.4 Å². The van der Waals surface area contributed by atoms with Crippen molar-refractivity contribution < 1.29 is 19.5 Å². The Kier molecular flexibility index (Phi) is 6.31. The second-order valence-electron chi connectivity index (χ2n) is 13.1. The summed E-state index contributed by atoms with van der Waals surface area (Å²) in [6, 6.07) is 0. The Bertz CT molecular complexity index is 955. The molecule has 4 heteroatoms. The number of Topliss-reactive ketones (excluding diaryl/α,β-unsaturated/α-hetero) is 1.